The number of amides is 1. The van der Waals surface area contributed by atoms with Crippen molar-refractivity contribution in [1.29, 1.82) is 0 Å². The van der Waals surface area contributed by atoms with Crippen molar-refractivity contribution in [2.24, 2.45) is 35.5 Å². The van der Waals surface area contributed by atoms with E-state index in [1.165, 1.54) is 19.3 Å². The summed E-state index contributed by atoms with van der Waals surface area (Å²) in [4.78, 5) is 14.6. The number of aliphatic hydroxyl groups is 1. The molecule has 100 valence electrons. The maximum Gasteiger partial charge on any atom is 0.226 e. The van der Waals surface area contributed by atoms with E-state index < -0.39 is 0 Å². The molecule has 0 aromatic heterocycles. The standard InChI is InChI=1S/C15H23NO2/c1-8-7-16(5-4-11(8)17)15(18)14-12-9-2-3-10(6-9)13(12)14/h8-14,17H,2-7H2,1H3. The van der Waals surface area contributed by atoms with Gasteiger partial charge in [-0.3, -0.25) is 4.79 Å². The van der Waals surface area contributed by atoms with Crippen LogP contribution in [0, 0.1) is 35.5 Å². The Hall–Kier alpha value is -0.570. The summed E-state index contributed by atoms with van der Waals surface area (Å²) in [5, 5.41) is 9.75. The van der Waals surface area contributed by atoms with Gasteiger partial charge in [0.25, 0.3) is 0 Å². The van der Waals surface area contributed by atoms with Gasteiger partial charge in [0.15, 0.2) is 0 Å². The summed E-state index contributed by atoms with van der Waals surface area (Å²) in [6.45, 7) is 3.60. The smallest absolute Gasteiger partial charge is 0.226 e. The Labute approximate surface area is 109 Å². The zero-order chi connectivity index (χ0) is 12.4. The van der Waals surface area contributed by atoms with E-state index in [1.54, 1.807) is 0 Å². The fourth-order valence-electron chi connectivity index (χ4n) is 5.20. The first kappa shape index (κ1) is 11.3. The van der Waals surface area contributed by atoms with Crippen LogP contribution in [0.2, 0.25) is 0 Å². The second-order valence-electron chi connectivity index (χ2n) is 7.13. The minimum absolute atomic E-state index is 0.205. The van der Waals surface area contributed by atoms with Crippen LogP contribution in [0.1, 0.15) is 32.6 Å². The highest BCUT2D eigenvalue weighted by Crippen LogP contribution is 2.69. The number of carbonyl (C=O) groups is 1. The van der Waals surface area contributed by atoms with Crippen LogP contribution in [-0.4, -0.2) is 35.1 Å². The molecule has 3 heteroatoms. The molecule has 1 amide bonds. The molecule has 4 fully saturated rings. The lowest BCUT2D eigenvalue weighted by atomic mass is 9.95. The zero-order valence-electron chi connectivity index (χ0n) is 11.1. The van der Waals surface area contributed by atoms with Gasteiger partial charge in [0, 0.05) is 19.0 Å². The lowest BCUT2D eigenvalue weighted by Crippen LogP contribution is -2.46. The molecule has 1 N–H and O–H groups in total. The van der Waals surface area contributed by atoms with Crippen molar-refractivity contribution < 1.29 is 9.90 Å². The SMILES string of the molecule is CC1CN(C(=O)C2C3C4CCC(C4)C23)CCC1O. The quantitative estimate of drug-likeness (QED) is 0.765. The molecule has 0 aromatic rings. The fourth-order valence-corrected chi connectivity index (χ4v) is 5.20. The molecule has 0 spiro atoms. The summed E-state index contributed by atoms with van der Waals surface area (Å²) in [7, 11) is 0. The van der Waals surface area contributed by atoms with E-state index in [0.717, 1.165) is 43.2 Å². The molecule has 18 heavy (non-hydrogen) atoms. The second kappa shape index (κ2) is 3.72. The topological polar surface area (TPSA) is 40.5 Å². The predicted molar refractivity (Wildman–Crippen MR) is 67.7 cm³/mol. The number of nitrogens with zero attached hydrogens (tertiary/aromatic N) is 1. The molecular weight excluding hydrogens is 226 g/mol. The second-order valence-corrected chi connectivity index (χ2v) is 7.13. The van der Waals surface area contributed by atoms with Crippen molar-refractivity contribution in [2.45, 2.75) is 38.7 Å². The van der Waals surface area contributed by atoms with Crippen LogP contribution < -0.4 is 0 Å². The number of piperidine rings is 1. The van der Waals surface area contributed by atoms with E-state index >= 15 is 0 Å². The summed E-state index contributed by atoms with van der Waals surface area (Å²) < 4.78 is 0. The van der Waals surface area contributed by atoms with Crippen molar-refractivity contribution in [3.63, 3.8) is 0 Å². The van der Waals surface area contributed by atoms with Crippen molar-refractivity contribution in [3.8, 4) is 0 Å². The zero-order valence-corrected chi connectivity index (χ0v) is 11.1. The van der Waals surface area contributed by atoms with E-state index in [4.69, 9.17) is 0 Å². The molecular formula is C15H23NO2. The Bertz CT molecular complexity index is 367. The summed E-state index contributed by atoms with van der Waals surface area (Å²) in [5.74, 6) is 4.29. The minimum atomic E-state index is -0.205. The Morgan fingerprint density at radius 2 is 1.83 bits per heavy atom. The molecule has 3 nitrogen and oxygen atoms in total. The number of hydrogen-bond donors (Lipinski definition) is 1. The first-order valence-corrected chi connectivity index (χ1v) is 7.63. The number of fused-ring (bicyclic) bond motifs is 5. The lowest BCUT2D eigenvalue weighted by Gasteiger charge is -2.35. The summed E-state index contributed by atoms with van der Waals surface area (Å²) in [5.41, 5.74) is 0. The van der Waals surface area contributed by atoms with Crippen molar-refractivity contribution in [1.82, 2.24) is 4.90 Å². The van der Waals surface area contributed by atoms with Gasteiger partial charge < -0.3 is 10.0 Å². The van der Waals surface area contributed by atoms with Gasteiger partial charge >= 0.3 is 0 Å². The van der Waals surface area contributed by atoms with Crippen LogP contribution in [-0.2, 0) is 4.79 Å². The van der Waals surface area contributed by atoms with Crippen LogP contribution in [0.25, 0.3) is 0 Å². The Morgan fingerprint density at radius 3 is 2.44 bits per heavy atom. The number of aliphatic hydroxyl groups excluding tert-OH is 1. The Balaban J connectivity index is 1.43. The highest BCUT2D eigenvalue weighted by atomic mass is 16.3. The largest absolute Gasteiger partial charge is 0.393 e. The van der Waals surface area contributed by atoms with Gasteiger partial charge in [0.1, 0.15) is 0 Å². The predicted octanol–water partition coefficient (Wildman–Crippen LogP) is 1.51. The molecule has 0 aromatic carbocycles. The maximum atomic E-state index is 12.6. The average molecular weight is 249 g/mol. The molecule has 1 saturated heterocycles. The molecule has 4 aliphatic rings. The van der Waals surface area contributed by atoms with Gasteiger partial charge in [-0.2, -0.15) is 0 Å². The molecule has 2 bridgehead atoms. The number of hydrogen-bond acceptors (Lipinski definition) is 2. The molecule has 0 radical (unpaired) electrons. The monoisotopic (exact) mass is 249 g/mol. The van der Waals surface area contributed by atoms with E-state index in [2.05, 4.69) is 6.92 Å². The molecule has 6 atom stereocenters. The third kappa shape index (κ3) is 1.43. The van der Waals surface area contributed by atoms with E-state index in [0.29, 0.717) is 11.8 Å². The summed E-state index contributed by atoms with van der Waals surface area (Å²) in [6.07, 6.45) is 4.73. The van der Waals surface area contributed by atoms with Crippen LogP contribution in [0.4, 0.5) is 0 Å². The van der Waals surface area contributed by atoms with Crippen molar-refractivity contribution in [3.05, 3.63) is 0 Å². The molecule has 4 rings (SSSR count). The normalized spacial score (nSPS) is 53.4. The van der Waals surface area contributed by atoms with Crippen LogP contribution in [0.5, 0.6) is 0 Å². The van der Waals surface area contributed by atoms with Gasteiger partial charge in [-0.1, -0.05) is 6.92 Å². The molecule has 1 aliphatic heterocycles. The van der Waals surface area contributed by atoms with E-state index in [-0.39, 0.29) is 12.0 Å². The van der Waals surface area contributed by atoms with Crippen molar-refractivity contribution in [2.75, 3.05) is 13.1 Å². The first-order valence-electron chi connectivity index (χ1n) is 7.63. The average Bonchev–Trinajstić information content (AvgIpc) is 2.80. The van der Waals surface area contributed by atoms with E-state index in [1.807, 2.05) is 4.90 Å². The van der Waals surface area contributed by atoms with Crippen LogP contribution >= 0.6 is 0 Å². The van der Waals surface area contributed by atoms with Crippen LogP contribution in [0.3, 0.4) is 0 Å². The highest BCUT2D eigenvalue weighted by molar-refractivity contribution is 5.83. The van der Waals surface area contributed by atoms with Crippen LogP contribution in [0.15, 0.2) is 0 Å². The summed E-state index contributed by atoms with van der Waals surface area (Å²) >= 11 is 0. The third-order valence-corrected chi connectivity index (χ3v) is 6.19. The molecule has 6 unspecified atom stereocenters. The minimum Gasteiger partial charge on any atom is -0.393 e. The molecule has 1 heterocycles. The first-order chi connectivity index (χ1) is 8.66. The lowest BCUT2D eigenvalue weighted by molar-refractivity contribution is -0.137. The molecule has 3 aliphatic carbocycles. The van der Waals surface area contributed by atoms with Gasteiger partial charge in [0.2, 0.25) is 5.91 Å². The van der Waals surface area contributed by atoms with E-state index in [9.17, 15) is 9.90 Å². The van der Waals surface area contributed by atoms with Gasteiger partial charge in [-0.05, 0) is 55.3 Å². The number of rotatable bonds is 1. The van der Waals surface area contributed by atoms with Gasteiger partial charge in [-0.25, -0.2) is 0 Å². The maximum absolute atomic E-state index is 12.6. The highest BCUT2D eigenvalue weighted by Gasteiger charge is 2.68. The van der Waals surface area contributed by atoms with Crippen molar-refractivity contribution >= 4 is 5.91 Å². The summed E-state index contributed by atoms with van der Waals surface area (Å²) in [6, 6.07) is 0. The Morgan fingerprint density at radius 1 is 1.17 bits per heavy atom. The Kier molecular flexibility index (Phi) is 2.33. The molecule has 3 saturated carbocycles. The van der Waals surface area contributed by atoms with Gasteiger partial charge in [-0.15, -0.1) is 0 Å². The number of likely N-dealkylation sites (tertiary alicyclic amines) is 1. The number of carbonyl (C=O) groups excluding carboxylic acids is 1. The third-order valence-electron chi connectivity index (χ3n) is 6.19. The van der Waals surface area contributed by atoms with Gasteiger partial charge in [0.05, 0.1) is 6.10 Å². The fraction of sp³-hybridized carbons (Fsp3) is 0.933.